The van der Waals surface area contributed by atoms with Crippen LogP contribution in [0.15, 0.2) is 48.5 Å². The molecule has 2 aromatic carbocycles. The Kier molecular flexibility index (Phi) is 8.05. The van der Waals surface area contributed by atoms with Crippen LogP contribution in [-0.4, -0.2) is 45.1 Å². The normalized spacial score (nSPS) is 24.5. The van der Waals surface area contributed by atoms with Crippen LogP contribution in [0.3, 0.4) is 0 Å². The highest BCUT2D eigenvalue weighted by Gasteiger charge is 2.43. The summed E-state index contributed by atoms with van der Waals surface area (Å²) in [5.41, 5.74) is 1.76. The second kappa shape index (κ2) is 11.4. The Bertz CT molecular complexity index is 1150. The van der Waals surface area contributed by atoms with Crippen molar-refractivity contribution in [2.45, 2.75) is 51.5 Å². The van der Waals surface area contributed by atoms with Crippen LogP contribution < -0.4 is 14.8 Å². The lowest BCUT2D eigenvalue weighted by molar-refractivity contribution is -0.125. The smallest absolute Gasteiger partial charge is 0.229 e. The Morgan fingerprint density at radius 2 is 1.51 bits per heavy atom. The molecule has 2 aromatic rings. The van der Waals surface area contributed by atoms with Gasteiger partial charge in [0.2, 0.25) is 15.9 Å². The molecule has 1 aliphatic heterocycles. The standard InChI is InChI=1S/C29H39N3O4S/c1-37(34,35)31-26-9-13-28(14-10-26)36-27-11-7-22(8-12-27)18-32-19-24-15-23(16-25(24)20-32)29(33)30-17-21-5-3-2-4-6-21/h7-14,21,23-25,31H,2-6,15-20H2,1H3,(H,30,33)/t23?,24-,25+. The number of hydrogen-bond acceptors (Lipinski definition) is 5. The SMILES string of the molecule is CS(=O)(=O)Nc1ccc(Oc2ccc(CN3C[C@H]4CC(C(=O)NCC5CCCCC5)C[C@H]4C3)cc2)cc1. The van der Waals surface area contributed by atoms with Gasteiger partial charge in [-0.1, -0.05) is 31.4 Å². The van der Waals surface area contributed by atoms with E-state index in [0.717, 1.165) is 51.0 Å². The minimum atomic E-state index is -3.29. The zero-order valence-corrected chi connectivity index (χ0v) is 22.5. The molecule has 200 valence electrons. The maximum atomic E-state index is 12.8. The molecular formula is C29H39N3O4S. The van der Waals surface area contributed by atoms with Crippen LogP contribution in [-0.2, 0) is 21.4 Å². The molecule has 1 amide bonds. The minimum absolute atomic E-state index is 0.202. The van der Waals surface area contributed by atoms with Crippen molar-refractivity contribution in [3.63, 3.8) is 0 Å². The second-order valence-corrected chi connectivity index (χ2v) is 13.0. The molecule has 1 unspecified atom stereocenters. The van der Waals surface area contributed by atoms with Crippen LogP contribution in [0.4, 0.5) is 5.69 Å². The molecule has 2 N–H and O–H groups in total. The number of anilines is 1. The van der Waals surface area contributed by atoms with Crippen molar-refractivity contribution >= 4 is 21.6 Å². The molecule has 1 saturated heterocycles. The van der Waals surface area contributed by atoms with Crippen molar-refractivity contribution in [3.8, 4) is 11.5 Å². The fourth-order valence-electron chi connectivity index (χ4n) is 6.38. The zero-order chi connectivity index (χ0) is 25.8. The zero-order valence-electron chi connectivity index (χ0n) is 21.7. The van der Waals surface area contributed by atoms with Gasteiger partial charge in [-0.15, -0.1) is 0 Å². The molecule has 1 heterocycles. The highest BCUT2D eigenvalue weighted by molar-refractivity contribution is 7.92. The van der Waals surface area contributed by atoms with Crippen LogP contribution in [0, 0.1) is 23.7 Å². The van der Waals surface area contributed by atoms with E-state index in [2.05, 4.69) is 27.1 Å². The summed E-state index contributed by atoms with van der Waals surface area (Å²) in [6.07, 6.45) is 9.73. The maximum Gasteiger partial charge on any atom is 0.229 e. The van der Waals surface area contributed by atoms with Gasteiger partial charge in [-0.05, 0) is 85.4 Å². The summed E-state index contributed by atoms with van der Waals surface area (Å²) < 4.78 is 31.0. The third-order valence-corrected chi connectivity index (χ3v) is 8.82. The average molecular weight is 526 g/mol. The van der Waals surface area contributed by atoms with Crippen LogP contribution in [0.25, 0.3) is 0 Å². The lowest BCUT2D eigenvalue weighted by atomic mass is 9.89. The first-order valence-corrected chi connectivity index (χ1v) is 15.5. The molecule has 0 radical (unpaired) electrons. The van der Waals surface area contributed by atoms with Crippen LogP contribution in [0.1, 0.15) is 50.5 Å². The van der Waals surface area contributed by atoms with E-state index in [-0.39, 0.29) is 5.92 Å². The quantitative estimate of drug-likeness (QED) is 0.481. The number of fused-ring (bicyclic) bond motifs is 1. The van der Waals surface area contributed by atoms with Gasteiger partial charge < -0.3 is 10.1 Å². The number of hydrogen-bond donors (Lipinski definition) is 2. The van der Waals surface area contributed by atoms with E-state index in [1.54, 1.807) is 24.3 Å². The van der Waals surface area contributed by atoms with Crippen molar-refractivity contribution < 1.29 is 17.9 Å². The maximum absolute atomic E-state index is 12.8. The Morgan fingerprint density at radius 1 is 0.919 bits per heavy atom. The molecule has 0 bridgehead atoms. The number of sulfonamides is 1. The molecule has 0 spiro atoms. The van der Waals surface area contributed by atoms with Gasteiger partial charge in [0.25, 0.3) is 0 Å². The minimum Gasteiger partial charge on any atom is -0.457 e. The first-order valence-electron chi connectivity index (χ1n) is 13.7. The Balaban J connectivity index is 1.05. The van der Waals surface area contributed by atoms with Crippen molar-refractivity contribution in [1.82, 2.24) is 10.2 Å². The van der Waals surface area contributed by atoms with Crippen LogP contribution in [0.5, 0.6) is 11.5 Å². The van der Waals surface area contributed by atoms with Gasteiger partial charge >= 0.3 is 0 Å². The molecule has 5 rings (SSSR count). The Labute approximate surface area is 221 Å². The van der Waals surface area contributed by atoms with E-state index in [1.807, 2.05) is 12.1 Å². The third kappa shape index (κ3) is 7.26. The average Bonchev–Trinajstić information content (AvgIpc) is 3.44. The topological polar surface area (TPSA) is 87.7 Å². The summed E-state index contributed by atoms with van der Waals surface area (Å²) in [7, 11) is -3.29. The summed E-state index contributed by atoms with van der Waals surface area (Å²) in [5, 5.41) is 3.28. The molecule has 7 nitrogen and oxygen atoms in total. The summed E-state index contributed by atoms with van der Waals surface area (Å²) in [5.74, 6) is 3.85. The molecule has 8 heteroatoms. The van der Waals surface area contributed by atoms with E-state index in [0.29, 0.717) is 35.1 Å². The van der Waals surface area contributed by atoms with Gasteiger partial charge in [0.05, 0.1) is 6.26 Å². The van der Waals surface area contributed by atoms with E-state index in [9.17, 15) is 13.2 Å². The number of benzene rings is 2. The highest BCUT2D eigenvalue weighted by atomic mass is 32.2. The highest BCUT2D eigenvalue weighted by Crippen LogP contribution is 2.42. The number of nitrogens with one attached hydrogen (secondary N) is 2. The van der Waals surface area contributed by atoms with Gasteiger partial charge in [0.1, 0.15) is 11.5 Å². The van der Waals surface area contributed by atoms with E-state index < -0.39 is 10.0 Å². The van der Waals surface area contributed by atoms with Gasteiger partial charge in [-0.25, -0.2) is 8.42 Å². The molecule has 3 aliphatic rings. The van der Waals surface area contributed by atoms with E-state index in [4.69, 9.17) is 4.74 Å². The first kappa shape index (κ1) is 26.0. The summed E-state index contributed by atoms with van der Waals surface area (Å²) in [6.45, 7) is 3.94. The monoisotopic (exact) mass is 525 g/mol. The number of nitrogens with zero attached hydrogens (tertiary/aromatic N) is 1. The molecule has 2 aliphatic carbocycles. The Morgan fingerprint density at radius 3 is 2.11 bits per heavy atom. The largest absolute Gasteiger partial charge is 0.457 e. The van der Waals surface area contributed by atoms with Crippen molar-refractivity contribution in [2.24, 2.45) is 23.7 Å². The van der Waals surface area contributed by atoms with E-state index >= 15 is 0 Å². The summed E-state index contributed by atoms with van der Waals surface area (Å²) >= 11 is 0. The molecule has 3 fully saturated rings. The first-order chi connectivity index (χ1) is 17.8. The number of carbonyl (C=O) groups excluding carboxylic acids is 1. The van der Waals surface area contributed by atoms with Crippen LogP contribution >= 0.6 is 0 Å². The van der Waals surface area contributed by atoms with Crippen molar-refractivity contribution in [1.29, 1.82) is 0 Å². The predicted molar refractivity (Wildman–Crippen MR) is 146 cm³/mol. The van der Waals surface area contributed by atoms with Crippen LogP contribution in [0.2, 0.25) is 0 Å². The number of likely N-dealkylation sites (tertiary alicyclic amines) is 1. The van der Waals surface area contributed by atoms with Gasteiger partial charge in [0.15, 0.2) is 0 Å². The van der Waals surface area contributed by atoms with Gasteiger partial charge in [-0.2, -0.15) is 0 Å². The molecule has 2 saturated carbocycles. The fourth-order valence-corrected chi connectivity index (χ4v) is 6.95. The van der Waals surface area contributed by atoms with Gasteiger partial charge in [-0.3, -0.25) is 14.4 Å². The number of carbonyl (C=O) groups is 1. The Hall–Kier alpha value is -2.58. The number of amides is 1. The predicted octanol–water partition coefficient (Wildman–Crippen LogP) is 5.00. The summed E-state index contributed by atoms with van der Waals surface area (Å²) in [6, 6.07) is 15.0. The molecular weight excluding hydrogens is 486 g/mol. The fraction of sp³-hybridized carbons (Fsp3) is 0.552. The number of ether oxygens (including phenoxy) is 1. The molecule has 3 atom stereocenters. The van der Waals surface area contributed by atoms with E-state index in [1.165, 1.54) is 37.7 Å². The van der Waals surface area contributed by atoms with Crippen molar-refractivity contribution in [2.75, 3.05) is 30.6 Å². The lowest BCUT2D eigenvalue weighted by Crippen LogP contribution is -2.35. The number of rotatable bonds is 9. The third-order valence-electron chi connectivity index (χ3n) is 8.21. The summed E-state index contributed by atoms with van der Waals surface area (Å²) in [4.78, 5) is 15.3. The second-order valence-electron chi connectivity index (χ2n) is 11.3. The van der Waals surface area contributed by atoms with Crippen molar-refractivity contribution in [3.05, 3.63) is 54.1 Å². The lowest BCUT2D eigenvalue weighted by Gasteiger charge is -2.23. The molecule has 0 aromatic heterocycles. The molecule has 37 heavy (non-hydrogen) atoms. The van der Waals surface area contributed by atoms with Gasteiger partial charge in [0, 0.05) is 37.8 Å².